The van der Waals surface area contributed by atoms with Crippen LogP contribution in [0.1, 0.15) is 93.4 Å². The van der Waals surface area contributed by atoms with Crippen LogP contribution in [0.5, 0.6) is 0 Å². The first-order valence-electron chi connectivity index (χ1n) is 9.03. The molecule has 0 saturated heterocycles. The molecule has 0 heterocycles. The van der Waals surface area contributed by atoms with Crippen molar-refractivity contribution in [2.75, 3.05) is 6.61 Å². The first-order valence-corrected chi connectivity index (χ1v) is 9.03. The number of aliphatic hydroxyl groups is 1. The van der Waals surface area contributed by atoms with E-state index in [0.29, 0.717) is 12.5 Å². The van der Waals surface area contributed by atoms with Crippen LogP contribution in [0.3, 0.4) is 0 Å². The van der Waals surface area contributed by atoms with Gasteiger partial charge in [-0.1, -0.05) is 87.0 Å². The molecule has 4 unspecified atom stereocenters. The molecule has 1 nitrogen and oxygen atoms in total. The highest BCUT2D eigenvalue weighted by molar-refractivity contribution is 4.66. The Bertz CT molecular complexity index is 179. The lowest BCUT2D eigenvalue weighted by Crippen LogP contribution is -2.11. The van der Waals surface area contributed by atoms with Crippen molar-refractivity contribution in [2.45, 2.75) is 93.4 Å². The van der Waals surface area contributed by atoms with E-state index in [1.807, 2.05) is 0 Å². The normalized spacial score (nSPS) is 16.8. The number of hydrogen-bond donors (Lipinski definition) is 1. The molecule has 0 saturated carbocycles. The van der Waals surface area contributed by atoms with Gasteiger partial charge in [0.1, 0.15) is 0 Å². The zero-order chi connectivity index (χ0) is 16.0. The summed E-state index contributed by atoms with van der Waals surface area (Å²) in [6.07, 6.45) is 8.89. The molecule has 0 radical (unpaired) electrons. The van der Waals surface area contributed by atoms with E-state index < -0.39 is 0 Å². The van der Waals surface area contributed by atoms with Gasteiger partial charge in [-0.3, -0.25) is 0 Å². The zero-order valence-corrected chi connectivity index (χ0v) is 15.4. The molecule has 0 aliphatic carbocycles. The third kappa shape index (κ3) is 14.4. The van der Waals surface area contributed by atoms with E-state index in [4.69, 9.17) is 5.11 Å². The Morgan fingerprint density at radius 3 is 1.40 bits per heavy atom. The molecule has 0 bridgehead atoms. The Hall–Kier alpha value is -0.0400. The fourth-order valence-electron chi connectivity index (χ4n) is 2.23. The van der Waals surface area contributed by atoms with Crippen molar-refractivity contribution in [3.05, 3.63) is 0 Å². The summed E-state index contributed by atoms with van der Waals surface area (Å²) >= 11 is 0. The summed E-state index contributed by atoms with van der Waals surface area (Å²) < 4.78 is 0. The first kappa shape index (κ1) is 22.2. The molecule has 0 rings (SSSR count). The minimum Gasteiger partial charge on any atom is -0.396 e. The Morgan fingerprint density at radius 2 is 1.05 bits per heavy atom. The minimum atomic E-state index is 0.346. The van der Waals surface area contributed by atoms with Crippen LogP contribution in [-0.2, 0) is 0 Å². The number of rotatable bonds is 10. The average molecular weight is 287 g/mol. The van der Waals surface area contributed by atoms with Crippen molar-refractivity contribution in [1.82, 2.24) is 0 Å². The maximum Gasteiger partial charge on any atom is 0.0433 e. The highest BCUT2D eigenvalue weighted by atomic mass is 16.3. The van der Waals surface area contributed by atoms with Gasteiger partial charge in [0.2, 0.25) is 0 Å². The Balaban J connectivity index is 0. The van der Waals surface area contributed by atoms with E-state index in [9.17, 15) is 0 Å². The smallest absolute Gasteiger partial charge is 0.0433 e. The van der Waals surface area contributed by atoms with Gasteiger partial charge in [0.15, 0.2) is 0 Å². The van der Waals surface area contributed by atoms with Gasteiger partial charge in [0, 0.05) is 6.61 Å². The third-order valence-electron chi connectivity index (χ3n) is 4.52. The summed E-state index contributed by atoms with van der Waals surface area (Å²) in [7, 11) is 0. The molecular weight excluding hydrogens is 244 g/mol. The maximum absolute atomic E-state index is 8.88. The predicted octanol–water partition coefficient (Wildman–Crippen LogP) is 6.30. The van der Waals surface area contributed by atoms with Crippen molar-refractivity contribution < 1.29 is 5.11 Å². The van der Waals surface area contributed by atoms with E-state index in [-0.39, 0.29) is 0 Å². The molecule has 0 fully saturated rings. The quantitative estimate of drug-likeness (QED) is 0.499. The fraction of sp³-hybridized carbons (Fsp3) is 1.00. The van der Waals surface area contributed by atoms with Crippen molar-refractivity contribution in [2.24, 2.45) is 23.7 Å². The Morgan fingerprint density at radius 1 is 0.650 bits per heavy atom. The van der Waals surface area contributed by atoms with Crippen LogP contribution in [0.25, 0.3) is 0 Å². The van der Waals surface area contributed by atoms with E-state index >= 15 is 0 Å². The van der Waals surface area contributed by atoms with E-state index in [1.54, 1.807) is 0 Å². The lowest BCUT2D eigenvalue weighted by Gasteiger charge is -2.22. The number of hydrogen-bond acceptors (Lipinski definition) is 1. The standard InChI is InChI=1S/C16H34O.C3H8/c1-6-13(2)7-9-15(4)16(5)10-8-14(3)11-12-17;1-3-2/h13-17H,6-12H2,1-5H3;3H2,1-2H3. The lowest BCUT2D eigenvalue weighted by molar-refractivity contribution is 0.243. The summed E-state index contributed by atoms with van der Waals surface area (Å²) in [5, 5.41) is 8.88. The zero-order valence-electron chi connectivity index (χ0n) is 15.4. The second-order valence-electron chi connectivity index (χ2n) is 6.95. The highest BCUT2D eigenvalue weighted by Gasteiger charge is 2.14. The number of aliphatic hydroxyl groups excluding tert-OH is 1. The van der Waals surface area contributed by atoms with Gasteiger partial charge < -0.3 is 5.11 Å². The van der Waals surface area contributed by atoms with E-state index in [2.05, 4.69) is 48.5 Å². The summed E-state index contributed by atoms with van der Waals surface area (Å²) in [5.74, 6) is 3.26. The maximum atomic E-state index is 8.88. The summed E-state index contributed by atoms with van der Waals surface area (Å²) in [5.41, 5.74) is 0. The third-order valence-corrected chi connectivity index (χ3v) is 4.52. The summed E-state index contributed by atoms with van der Waals surface area (Å²) in [6, 6.07) is 0. The molecule has 0 aromatic heterocycles. The van der Waals surface area contributed by atoms with Crippen LogP contribution in [0.4, 0.5) is 0 Å². The van der Waals surface area contributed by atoms with Crippen LogP contribution < -0.4 is 0 Å². The fourth-order valence-corrected chi connectivity index (χ4v) is 2.23. The molecule has 4 atom stereocenters. The molecule has 0 aromatic carbocycles. The monoisotopic (exact) mass is 286 g/mol. The van der Waals surface area contributed by atoms with Crippen molar-refractivity contribution in [3.8, 4) is 0 Å². The van der Waals surface area contributed by atoms with Crippen molar-refractivity contribution >= 4 is 0 Å². The van der Waals surface area contributed by atoms with Crippen LogP contribution >= 0.6 is 0 Å². The molecule has 1 heteroatoms. The molecule has 0 amide bonds. The molecule has 0 aliphatic rings. The average Bonchev–Trinajstić information content (AvgIpc) is 2.42. The Kier molecular flexibility index (Phi) is 17.1. The van der Waals surface area contributed by atoms with Crippen LogP contribution in [0, 0.1) is 23.7 Å². The van der Waals surface area contributed by atoms with Gasteiger partial charge in [-0.05, 0) is 30.1 Å². The first-order chi connectivity index (χ1) is 9.42. The van der Waals surface area contributed by atoms with Gasteiger partial charge in [0.25, 0.3) is 0 Å². The lowest BCUT2D eigenvalue weighted by atomic mass is 9.84. The van der Waals surface area contributed by atoms with Gasteiger partial charge in [-0.2, -0.15) is 0 Å². The highest BCUT2D eigenvalue weighted by Crippen LogP contribution is 2.26. The van der Waals surface area contributed by atoms with Crippen LogP contribution in [0.2, 0.25) is 0 Å². The molecule has 0 spiro atoms. The van der Waals surface area contributed by atoms with Gasteiger partial charge in [0.05, 0.1) is 0 Å². The van der Waals surface area contributed by atoms with E-state index in [0.717, 1.165) is 24.2 Å². The molecule has 20 heavy (non-hydrogen) atoms. The van der Waals surface area contributed by atoms with E-state index in [1.165, 1.54) is 38.5 Å². The molecule has 0 aliphatic heterocycles. The minimum absolute atomic E-state index is 0.346. The van der Waals surface area contributed by atoms with Crippen LogP contribution in [-0.4, -0.2) is 11.7 Å². The van der Waals surface area contributed by atoms with Gasteiger partial charge in [-0.25, -0.2) is 0 Å². The second-order valence-corrected chi connectivity index (χ2v) is 6.95. The predicted molar refractivity (Wildman–Crippen MR) is 93.1 cm³/mol. The summed E-state index contributed by atoms with van der Waals surface area (Å²) in [4.78, 5) is 0. The SMILES string of the molecule is CCC.CCC(C)CCC(C)C(C)CCC(C)CCO. The second kappa shape index (κ2) is 15.4. The molecular formula is C19H42O. The molecule has 124 valence electrons. The summed E-state index contributed by atoms with van der Waals surface area (Å²) in [6.45, 7) is 16.3. The van der Waals surface area contributed by atoms with Crippen molar-refractivity contribution in [1.29, 1.82) is 0 Å². The Labute approximate surface area is 129 Å². The van der Waals surface area contributed by atoms with Gasteiger partial charge >= 0.3 is 0 Å². The van der Waals surface area contributed by atoms with Crippen molar-refractivity contribution in [3.63, 3.8) is 0 Å². The largest absolute Gasteiger partial charge is 0.396 e. The van der Waals surface area contributed by atoms with Gasteiger partial charge in [-0.15, -0.1) is 0 Å². The van der Waals surface area contributed by atoms with Crippen LogP contribution in [0.15, 0.2) is 0 Å². The molecule has 0 aromatic rings. The topological polar surface area (TPSA) is 20.2 Å². The molecule has 1 N–H and O–H groups in total.